The van der Waals surface area contributed by atoms with Crippen molar-refractivity contribution in [3.8, 4) is 0 Å². The molecule has 28 heavy (non-hydrogen) atoms. The van der Waals surface area contributed by atoms with E-state index in [0.29, 0.717) is 23.0 Å². The smallest absolute Gasteiger partial charge is 0.327 e. The van der Waals surface area contributed by atoms with Gasteiger partial charge in [0, 0.05) is 11.9 Å². The molecule has 0 N–H and O–H groups in total. The van der Waals surface area contributed by atoms with E-state index in [1.807, 2.05) is 33.3 Å². The van der Waals surface area contributed by atoms with Gasteiger partial charge in [0.1, 0.15) is 23.9 Å². The zero-order valence-corrected chi connectivity index (χ0v) is 16.8. The lowest BCUT2D eigenvalue weighted by Crippen LogP contribution is -2.23. The Kier molecular flexibility index (Phi) is 6.12. The lowest BCUT2D eigenvalue weighted by Gasteiger charge is -2.18. The fourth-order valence-electron chi connectivity index (χ4n) is 3.41. The summed E-state index contributed by atoms with van der Waals surface area (Å²) in [5.74, 6) is 0. The molecular formula is C19H23ClF3N5. The van der Waals surface area contributed by atoms with E-state index < -0.39 is 12.7 Å². The SMILES string of the molecule is CN(C)CCCN(C)Cc1ccc2c(c1)c1ncnc(Cl)c1n2CC(F)(F)F. The van der Waals surface area contributed by atoms with E-state index in [-0.39, 0.29) is 10.7 Å². The van der Waals surface area contributed by atoms with Crippen LogP contribution < -0.4 is 0 Å². The van der Waals surface area contributed by atoms with Crippen molar-refractivity contribution in [2.24, 2.45) is 0 Å². The van der Waals surface area contributed by atoms with Gasteiger partial charge in [-0.3, -0.25) is 0 Å². The Morgan fingerprint density at radius 2 is 1.86 bits per heavy atom. The molecular weight excluding hydrogens is 391 g/mol. The summed E-state index contributed by atoms with van der Waals surface area (Å²) < 4.78 is 40.5. The lowest BCUT2D eigenvalue weighted by atomic mass is 10.1. The minimum atomic E-state index is -4.37. The maximum Gasteiger partial charge on any atom is 0.406 e. The predicted molar refractivity (Wildman–Crippen MR) is 106 cm³/mol. The van der Waals surface area contributed by atoms with Crippen LogP contribution in [0, 0.1) is 0 Å². The summed E-state index contributed by atoms with van der Waals surface area (Å²) in [5.41, 5.74) is 2.12. The van der Waals surface area contributed by atoms with E-state index >= 15 is 0 Å². The molecule has 2 heterocycles. The van der Waals surface area contributed by atoms with Gasteiger partial charge in [0.2, 0.25) is 0 Å². The van der Waals surface area contributed by atoms with Crippen molar-refractivity contribution >= 4 is 33.5 Å². The number of aromatic nitrogens is 3. The first-order valence-corrected chi connectivity index (χ1v) is 9.35. The highest BCUT2D eigenvalue weighted by molar-refractivity contribution is 6.34. The molecule has 0 aliphatic rings. The molecule has 152 valence electrons. The molecule has 0 amide bonds. The van der Waals surface area contributed by atoms with Gasteiger partial charge < -0.3 is 14.4 Å². The van der Waals surface area contributed by atoms with Gasteiger partial charge >= 0.3 is 6.18 Å². The number of fused-ring (bicyclic) bond motifs is 3. The zero-order valence-electron chi connectivity index (χ0n) is 16.1. The number of nitrogens with zero attached hydrogens (tertiary/aromatic N) is 5. The minimum Gasteiger partial charge on any atom is -0.327 e. The Balaban J connectivity index is 1.96. The third kappa shape index (κ3) is 4.74. The summed E-state index contributed by atoms with van der Waals surface area (Å²) in [7, 11) is 6.11. The number of hydrogen-bond donors (Lipinski definition) is 0. The molecule has 0 unspecified atom stereocenters. The largest absolute Gasteiger partial charge is 0.406 e. The Bertz CT molecular complexity index is 967. The number of hydrogen-bond acceptors (Lipinski definition) is 4. The van der Waals surface area contributed by atoms with Crippen LogP contribution in [0.1, 0.15) is 12.0 Å². The molecule has 0 fully saturated rings. The van der Waals surface area contributed by atoms with Gasteiger partial charge in [0.05, 0.1) is 5.52 Å². The zero-order chi connectivity index (χ0) is 20.5. The van der Waals surface area contributed by atoms with Crippen LogP contribution in [-0.2, 0) is 13.1 Å². The Morgan fingerprint density at radius 3 is 2.54 bits per heavy atom. The number of halogens is 4. The number of rotatable bonds is 7. The lowest BCUT2D eigenvalue weighted by molar-refractivity contribution is -0.139. The summed E-state index contributed by atoms with van der Waals surface area (Å²) in [6, 6.07) is 5.47. The third-order valence-electron chi connectivity index (χ3n) is 4.59. The maximum absolute atomic E-state index is 13.1. The average Bonchev–Trinajstić information content (AvgIpc) is 2.88. The van der Waals surface area contributed by atoms with Gasteiger partial charge in [0.25, 0.3) is 0 Å². The van der Waals surface area contributed by atoms with E-state index in [0.717, 1.165) is 29.6 Å². The van der Waals surface area contributed by atoms with Gasteiger partial charge in [-0.05, 0) is 58.3 Å². The molecule has 9 heteroatoms. The van der Waals surface area contributed by atoms with E-state index in [2.05, 4.69) is 19.8 Å². The topological polar surface area (TPSA) is 37.2 Å². The second kappa shape index (κ2) is 8.23. The fraction of sp³-hybridized carbons (Fsp3) is 0.474. The maximum atomic E-state index is 13.1. The standard InChI is InChI=1S/C19H23ClF3N5/c1-26(2)7-4-8-27(3)10-13-5-6-15-14(9-13)16-17(18(20)25-12-24-16)28(15)11-19(21,22)23/h5-6,9,12H,4,7-8,10-11H2,1-3H3. The van der Waals surface area contributed by atoms with Crippen molar-refractivity contribution < 1.29 is 13.2 Å². The first-order valence-electron chi connectivity index (χ1n) is 8.97. The molecule has 0 saturated carbocycles. The van der Waals surface area contributed by atoms with Crippen molar-refractivity contribution in [2.45, 2.75) is 25.7 Å². The number of benzene rings is 1. The quantitative estimate of drug-likeness (QED) is 0.544. The predicted octanol–water partition coefficient (Wildman–Crippen LogP) is 4.18. The normalized spacial score (nSPS) is 12.8. The van der Waals surface area contributed by atoms with Crippen LogP contribution in [0.15, 0.2) is 24.5 Å². The van der Waals surface area contributed by atoms with Crippen molar-refractivity contribution in [3.63, 3.8) is 0 Å². The van der Waals surface area contributed by atoms with Crippen LogP contribution in [0.2, 0.25) is 5.15 Å². The molecule has 0 bridgehead atoms. The Hall–Kier alpha value is -1.90. The highest BCUT2D eigenvalue weighted by Gasteiger charge is 2.30. The van der Waals surface area contributed by atoms with Crippen LogP contribution in [0.3, 0.4) is 0 Å². The van der Waals surface area contributed by atoms with Crippen molar-refractivity contribution in [1.29, 1.82) is 0 Å². The summed E-state index contributed by atoms with van der Waals surface area (Å²) in [6.07, 6.45) is -2.05. The first kappa shape index (κ1) is 20.8. The second-order valence-corrected chi connectivity index (χ2v) is 7.67. The molecule has 0 radical (unpaired) electrons. The Morgan fingerprint density at radius 1 is 1.11 bits per heavy atom. The van der Waals surface area contributed by atoms with E-state index in [1.165, 1.54) is 6.33 Å². The van der Waals surface area contributed by atoms with Gasteiger partial charge in [-0.25, -0.2) is 9.97 Å². The highest BCUT2D eigenvalue weighted by Crippen LogP contribution is 2.34. The first-order chi connectivity index (χ1) is 13.2. The van der Waals surface area contributed by atoms with Crippen LogP contribution in [0.5, 0.6) is 0 Å². The van der Waals surface area contributed by atoms with Gasteiger partial charge in [0.15, 0.2) is 5.15 Å². The highest BCUT2D eigenvalue weighted by atomic mass is 35.5. The van der Waals surface area contributed by atoms with Crippen molar-refractivity contribution in [1.82, 2.24) is 24.3 Å². The molecule has 3 aromatic rings. The van der Waals surface area contributed by atoms with E-state index in [9.17, 15) is 13.2 Å². The fourth-order valence-corrected chi connectivity index (χ4v) is 3.65. The summed E-state index contributed by atoms with van der Waals surface area (Å²) in [5, 5.41) is 0.676. The van der Waals surface area contributed by atoms with Crippen LogP contribution >= 0.6 is 11.6 Å². The van der Waals surface area contributed by atoms with Gasteiger partial charge in [-0.1, -0.05) is 17.7 Å². The number of alkyl halides is 3. The molecule has 1 aromatic carbocycles. The van der Waals surface area contributed by atoms with Crippen LogP contribution in [0.25, 0.3) is 21.9 Å². The van der Waals surface area contributed by atoms with Crippen LogP contribution in [-0.4, -0.2) is 64.7 Å². The molecule has 3 rings (SSSR count). The summed E-state index contributed by atoms with van der Waals surface area (Å²) >= 11 is 6.12. The molecule has 0 atom stereocenters. The summed E-state index contributed by atoms with van der Waals surface area (Å²) in [4.78, 5) is 12.4. The minimum absolute atomic E-state index is 0.0211. The third-order valence-corrected chi connectivity index (χ3v) is 4.87. The van der Waals surface area contributed by atoms with Crippen molar-refractivity contribution in [3.05, 3.63) is 35.2 Å². The molecule has 0 aliphatic carbocycles. The van der Waals surface area contributed by atoms with E-state index in [1.54, 1.807) is 6.07 Å². The van der Waals surface area contributed by atoms with Crippen LogP contribution in [0.4, 0.5) is 13.2 Å². The van der Waals surface area contributed by atoms with E-state index in [4.69, 9.17) is 11.6 Å². The van der Waals surface area contributed by atoms with Gasteiger partial charge in [-0.15, -0.1) is 0 Å². The molecule has 0 aliphatic heterocycles. The van der Waals surface area contributed by atoms with Gasteiger partial charge in [-0.2, -0.15) is 13.2 Å². The molecule has 0 spiro atoms. The molecule has 5 nitrogen and oxygen atoms in total. The monoisotopic (exact) mass is 413 g/mol. The van der Waals surface area contributed by atoms with Crippen molar-refractivity contribution in [2.75, 3.05) is 34.2 Å². The summed E-state index contributed by atoms with van der Waals surface area (Å²) in [6.45, 7) is 1.50. The molecule has 0 saturated heterocycles. The average molecular weight is 414 g/mol. The molecule has 2 aromatic heterocycles. The second-order valence-electron chi connectivity index (χ2n) is 7.31. The Labute approximate surface area is 166 Å².